The summed E-state index contributed by atoms with van der Waals surface area (Å²) in [6.07, 6.45) is -0.235. The zero-order valence-electron chi connectivity index (χ0n) is 6.70. The van der Waals surface area contributed by atoms with Gasteiger partial charge in [-0.2, -0.15) is 0 Å². The molecule has 1 saturated heterocycles. The Hall–Kier alpha value is -1.33. The maximum absolute atomic E-state index is 10.6. The maximum atomic E-state index is 10.6. The number of rotatable bonds is 2. The number of nitro groups is 1. The molecule has 1 amide bonds. The molecule has 0 radical (unpaired) electrons. The van der Waals surface area contributed by atoms with Crippen LogP contribution in [0.5, 0.6) is 0 Å². The van der Waals surface area contributed by atoms with E-state index >= 15 is 0 Å². The number of amides is 1. The molecule has 1 atom stereocenters. The highest BCUT2D eigenvalue weighted by atomic mass is 16.6. The molecule has 0 aliphatic carbocycles. The normalized spacial score (nSPS) is 28.9. The molecule has 0 bridgehead atoms. The van der Waals surface area contributed by atoms with Gasteiger partial charge >= 0.3 is 6.09 Å². The first-order valence-corrected chi connectivity index (χ1v) is 3.66. The van der Waals surface area contributed by atoms with Gasteiger partial charge in [0, 0.05) is 11.3 Å². The largest absolute Gasteiger partial charge is 0.442 e. The summed E-state index contributed by atoms with van der Waals surface area (Å²) >= 11 is 0. The summed E-state index contributed by atoms with van der Waals surface area (Å²) < 4.78 is 4.55. The number of alkyl carbamates (subject to hydrolysis) is 1. The van der Waals surface area contributed by atoms with E-state index in [0.717, 1.165) is 0 Å². The van der Waals surface area contributed by atoms with E-state index in [1.54, 1.807) is 6.92 Å². The summed E-state index contributed by atoms with van der Waals surface area (Å²) in [6, 6.07) is 0. The first-order valence-electron chi connectivity index (χ1n) is 3.66. The Morgan fingerprint density at radius 3 is 2.83 bits per heavy atom. The van der Waals surface area contributed by atoms with E-state index in [0.29, 0.717) is 6.42 Å². The molecule has 1 rings (SSSR count). The molecule has 6 heteroatoms. The summed E-state index contributed by atoms with van der Waals surface area (Å²) in [4.78, 5) is 20.7. The van der Waals surface area contributed by atoms with Crippen molar-refractivity contribution >= 4 is 6.09 Å². The summed E-state index contributed by atoms with van der Waals surface area (Å²) in [5.41, 5.74) is -1.13. The summed E-state index contributed by atoms with van der Waals surface area (Å²) in [5.74, 6) is 0. The SMILES string of the molecule is CCC1([N+](=O)[O-])CNC(=O)OC1. The minimum atomic E-state index is -1.13. The highest BCUT2D eigenvalue weighted by Gasteiger charge is 2.45. The van der Waals surface area contributed by atoms with E-state index in [-0.39, 0.29) is 13.2 Å². The second kappa shape index (κ2) is 2.96. The smallest absolute Gasteiger partial charge is 0.407 e. The Labute approximate surface area is 69.0 Å². The van der Waals surface area contributed by atoms with Crippen LogP contribution < -0.4 is 5.32 Å². The number of ether oxygens (including phenoxy) is 1. The Morgan fingerprint density at radius 2 is 2.50 bits per heavy atom. The number of hydrogen-bond donors (Lipinski definition) is 1. The predicted molar refractivity (Wildman–Crippen MR) is 39.4 cm³/mol. The molecule has 1 heterocycles. The number of nitrogens with one attached hydrogen (secondary N) is 1. The number of cyclic esters (lactones) is 1. The molecule has 1 aliphatic heterocycles. The van der Waals surface area contributed by atoms with Crippen LogP contribution in [0.15, 0.2) is 0 Å². The van der Waals surface area contributed by atoms with Gasteiger partial charge < -0.3 is 10.1 Å². The molecule has 1 N–H and O–H groups in total. The standard InChI is InChI=1S/C6H10N2O4/c1-2-6(8(10)11)3-7-5(9)12-4-6/h2-4H2,1H3,(H,7,9). The van der Waals surface area contributed by atoms with E-state index < -0.39 is 16.6 Å². The van der Waals surface area contributed by atoms with Crippen LogP contribution in [0.3, 0.4) is 0 Å². The van der Waals surface area contributed by atoms with Gasteiger partial charge in [-0.3, -0.25) is 10.1 Å². The first kappa shape index (κ1) is 8.76. The van der Waals surface area contributed by atoms with Crippen molar-refractivity contribution in [1.29, 1.82) is 0 Å². The zero-order valence-corrected chi connectivity index (χ0v) is 6.70. The van der Waals surface area contributed by atoms with Gasteiger partial charge in [-0.25, -0.2) is 4.79 Å². The van der Waals surface area contributed by atoms with Gasteiger partial charge in [-0.15, -0.1) is 0 Å². The molecular weight excluding hydrogens is 164 g/mol. The van der Waals surface area contributed by atoms with Gasteiger partial charge in [0.15, 0.2) is 6.61 Å². The zero-order chi connectivity index (χ0) is 9.19. The Bertz CT molecular complexity index is 206. The number of nitrogens with zero attached hydrogens (tertiary/aromatic N) is 1. The van der Waals surface area contributed by atoms with Crippen molar-refractivity contribution in [1.82, 2.24) is 5.32 Å². The minimum absolute atomic E-state index is 0.0509. The fourth-order valence-electron chi connectivity index (χ4n) is 1.01. The van der Waals surface area contributed by atoms with Crippen LogP contribution in [0.4, 0.5) is 4.79 Å². The van der Waals surface area contributed by atoms with E-state index in [9.17, 15) is 14.9 Å². The van der Waals surface area contributed by atoms with Crippen LogP contribution in [0.2, 0.25) is 0 Å². The van der Waals surface area contributed by atoms with E-state index in [1.807, 2.05) is 0 Å². The topological polar surface area (TPSA) is 81.5 Å². The molecule has 12 heavy (non-hydrogen) atoms. The lowest BCUT2D eigenvalue weighted by atomic mass is 9.97. The fraction of sp³-hybridized carbons (Fsp3) is 0.833. The monoisotopic (exact) mass is 174 g/mol. The molecule has 1 aliphatic rings. The van der Waals surface area contributed by atoms with Crippen LogP contribution in [0.25, 0.3) is 0 Å². The van der Waals surface area contributed by atoms with E-state index in [1.165, 1.54) is 0 Å². The fourth-order valence-corrected chi connectivity index (χ4v) is 1.01. The Balaban J connectivity index is 2.69. The van der Waals surface area contributed by atoms with Crippen molar-refractivity contribution < 1.29 is 14.5 Å². The van der Waals surface area contributed by atoms with Crippen molar-refractivity contribution in [2.24, 2.45) is 0 Å². The molecule has 0 aromatic heterocycles. The summed E-state index contributed by atoms with van der Waals surface area (Å²) in [7, 11) is 0. The minimum Gasteiger partial charge on any atom is -0.442 e. The second-order valence-electron chi connectivity index (χ2n) is 2.76. The molecule has 0 aromatic carbocycles. The van der Waals surface area contributed by atoms with Crippen molar-refractivity contribution in [2.45, 2.75) is 18.9 Å². The highest BCUT2D eigenvalue weighted by molar-refractivity contribution is 5.68. The molecule has 68 valence electrons. The second-order valence-corrected chi connectivity index (χ2v) is 2.76. The third-order valence-corrected chi connectivity index (χ3v) is 2.08. The van der Waals surface area contributed by atoms with Crippen LogP contribution in [0.1, 0.15) is 13.3 Å². The summed E-state index contributed by atoms with van der Waals surface area (Å²) in [6.45, 7) is 1.61. The number of carbonyl (C=O) groups is 1. The molecule has 1 fully saturated rings. The van der Waals surface area contributed by atoms with E-state index in [2.05, 4.69) is 10.1 Å². The van der Waals surface area contributed by atoms with Crippen LogP contribution >= 0.6 is 0 Å². The lowest BCUT2D eigenvalue weighted by Gasteiger charge is -2.27. The van der Waals surface area contributed by atoms with Crippen molar-refractivity contribution in [3.05, 3.63) is 10.1 Å². The maximum Gasteiger partial charge on any atom is 0.407 e. The van der Waals surface area contributed by atoms with E-state index in [4.69, 9.17) is 0 Å². The number of hydrogen-bond acceptors (Lipinski definition) is 4. The quantitative estimate of drug-likeness (QED) is 0.477. The third kappa shape index (κ3) is 1.32. The molecule has 6 nitrogen and oxygen atoms in total. The van der Waals surface area contributed by atoms with Crippen LogP contribution in [-0.4, -0.2) is 29.7 Å². The van der Waals surface area contributed by atoms with Gasteiger partial charge in [0.1, 0.15) is 0 Å². The summed E-state index contributed by atoms with van der Waals surface area (Å²) in [5, 5.41) is 12.9. The van der Waals surface area contributed by atoms with Gasteiger partial charge in [-0.1, -0.05) is 6.92 Å². The van der Waals surface area contributed by atoms with Crippen molar-refractivity contribution in [3.8, 4) is 0 Å². The van der Waals surface area contributed by atoms with Crippen LogP contribution in [-0.2, 0) is 4.74 Å². The molecule has 0 saturated carbocycles. The van der Waals surface area contributed by atoms with Gasteiger partial charge in [0.25, 0.3) is 5.54 Å². The van der Waals surface area contributed by atoms with Crippen molar-refractivity contribution in [3.63, 3.8) is 0 Å². The number of carbonyl (C=O) groups excluding carboxylic acids is 1. The lowest BCUT2D eigenvalue weighted by Crippen LogP contribution is -2.56. The average molecular weight is 174 g/mol. The van der Waals surface area contributed by atoms with Gasteiger partial charge in [0.05, 0.1) is 6.54 Å². The molecule has 1 unspecified atom stereocenters. The lowest BCUT2D eigenvalue weighted by molar-refractivity contribution is -0.573. The molecular formula is C6H10N2O4. The van der Waals surface area contributed by atoms with Crippen LogP contribution in [0, 0.1) is 10.1 Å². The average Bonchev–Trinajstić information content (AvgIpc) is 2.06. The van der Waals surface area contributed by atoms with Gasteiger partial charge in [-0.05, 0) is 0 Å². The Kier molecular flexibility index (Phi) is 2.16. The third-order valence-electron chi connectivity index (χ3n) is 2.08. The Morgan fingerprint density at radius 1 is 1.83 bits per heavy atom. The molecule has 0 aromatic rings. The van der Waals surface area contributed by atoms with Gasteiger partial charge in [0.2, 0.25) is 0 Å². The highest BCUT2D eigenvalue weighted by Crippen LogP contribution is 2.17. The first-order chi connectivity index (χ1) is 5.60. The predicted octanol–water partition coefficient (Wildman–Crippen LogP) is 0.152. The van der Waals surface area contributed by atoms with Crippen molar-refractivity contribution in [2.75, 3.05) is 13.2 Å². The molecule has 0 spiro atoms.